The molecule has 0 unspecified atom stereocenters. The van der Waals surface area contributed by atoms with Gasteiger partial charge in [0.1, 0.15) is 6.04 Å². The Hall–Kier alpha value is -1.26. The molecule has 5 heteroatoms. The highest BCUT2D eigenvalue weighted by Gasteiger charge is 2.18. The molecule has 0 rings (SSSR count). The van der Waals surface area contributed by atoms with Gasteiger partial charge in [-0.2, -0.15) is 0 Å². The predicted octanol–water partition coefficient (Wildman–Crippen LogP) is 1.23. The number of carbonyl (C=O) groups excluding carboxylic acids is 1. The van der Waals surface area contributed by atoms with Crippen LogP contribution in [0.2, 0.25) is 0 Å². The molecule has 14 heavy (non-hydrogen) atoms. The van der Waals surface area contributed by atoms with Crippen LogP contribution in [-0.2, 0) is 9.53 Å². The predicted molar refractivity (Wildman–Crippen MR) is 51.0 cm³/mol. The van der Waals surface area contributed by atoms with Gasteiger partial charge in [-0.1, -0.05) is 20.8 Å². The molecule has 0 aliphatic rings. The van der Waals surface area contributed by atoms with Crippen molar-refractivity contribution in [2.24, 2.45) is 5.92 Å². The van der Waals surface area contributed by atoms with Gasteiger partial charge in [-0.25, -0.2) is 9.59 Å². The third kappa shape index (κ3) is 5.40. The number of alkyl carbamates (subject to hydrolysis) is 1. The fourth-order valence-corrected chi connectivity index (χ4v) is 0.765. The maximum absolute atomic E-state index is 11.0. The van der Waals surface area contributed by atoms with Crippen LogP contribution in [0.25, 0.3) is 0 Å². The van der Waals surface area contributed by atoms with Gasteiger partial charge in [-0.05, 0) is 12.3 Å². The van der Waals surface area contributed by atoms with Crippen LogP contribution in [0.15, 0.2) is 0 Å². The molecule has 82 valence electrons. The zero-order valence-corrected chi connectivity index (χ0v) is 8.74. The topological polar surface area (TPSA) is 75.6 Å². The Morgan fingerprint density at radius 1 is 1.43 bits per heavy atom. The van der Waals surface area contributed by atoms with Crippen LogP contribution in [-0.4, -0.2) is 29.8 Å². The summed E-state index contributed by atoms with van der Waals surface area (Å²) in [5, 5.41) is 10.9. The first kappa shape index (κ1) is 12.7. The lowest BCUT2D eigenvalue weighted by molar-refractivity contribution is -0.139. The number of carboxylic acid groups (broad SMARTS) is 1. The minimum atomic E-state index is -1.05. The Labute approximate surface area is 83.4 Å². The minimum absolute atomic E-state index is 0.241. The lowest BCUT2D eigenvalue weighted by Crippen LogP contribution is -2.40. The van der Waals surface area contributed by atoms with Crippen LogP contribution in [0, 0.1) is 5.92 Å². The quantitative estimate of drug-likeness (QED) is 0.704. The fourth-order valence-electron chi connectivity index (χ4n) is 0.765. The van der Waals surface area contributed by atoms with Gasteiger partial charge >= 0.3 is 12.1 Å². The van der Waals surface area contributed by atoms with E-state index < -0.39 is 18.1 Å². The monoisotopic (exact) mass is 203 g/mol. The highest BCUT2D eigenvalue weighted by atomic mass is 16.5. The van der Waals surface area contributed by atoms with Crippen molar-refractivity contribution in [2.45, 2.75) is 33.2 Å². The van der Waals surface area contributed by atoms with Crippen molar-refractivity contribution in [1.29, 1.82) is 0 Å². The summed E-state index contributed by atoms with van der Waals surface area (Å²) in [5.74, 6) is -0.806. The number of aliphatic carboxylic acids is 1. The second-order valence-corrected chi connectivity index (χ2v) is 3.44. The third-order valence-corrected chi connectivity index (χ3v) is 1.55. The zero-order valence-electron chi connectivity index (χ0n) is 8.74. The average Bonchev–Trinajstić information content (AvgIpc) is 2.10. The maximum atomic E-state index is 11.0. The first-order chi connectivity index (χ1) is 6.47. The molecule has 0 heterocycles. The number of ether oxygens (including phenoxy) is 1. The summed E-state index contributed by atoms with van der Waals surface area (Å²) in [5.41, 5.74) is 0. The van der Waals surface area contributed by atoms with Gasteiger partial charge < -0.3 is 15.2 Å². The molecular formula is C9H17NO4. The zero-order chi connectivity index (χ0) is 11.1. The summed E-state index contributed by atoms with van der Waals surface area (Å²) >= 11 is 0. The molecule has 0 aliphatic carbocycles. The smallest absolute Gasteiger partial charge is 0.407 e. The standard InChI is InChI=1S/C9H17NO4/c1-4-7(8(11)12)10-9(13)14-5-6(2)3/h6-7H,4-5H2,1-3H3,(H,10,13)(H,11,12)/t7-/m0/s1. The highest BCUT2D eigenvalue weighted by Crippen LogP contribution is 1.95. The van der Waals surface area contributed by atoms with Crippen molar-refractivity contribution < 1.29 is 19.4 Å². The highest BCUT2D eigenvalue weighted by molar-refractivity contribution is 5.79. The minimum Gasteiger partial charge on any atom is -0.480 e. The molecule has 1 amide bonds. The van der Waals surface area contributed by atoms with Crippen LogP contribution in [0.3, 0.4) is 0 Å². The molecule has 1 atom stereocenters. The number of hydrogen-bond donors (Lipinski definition) is 2. The van der Waals surface area contributed by atoms with E-state index in [0.29, 0.717) is 13.0 Å². The summed E-state index contributed by atoms with van der Waals surface area (Å²) in [6.07, 6.45) is -0.334. The Kier molecular flexibility index (Phi) is 5.67. The summed E-state index contributed by atoms with van der Waals surface area (Å²) < 4.78 is 4.77. The Bertz CT molecular complexity index is 203. The molecule has 2 N–H and O–H groups in total. The third-order valence-electron chi connectivity index (χ3n) is 1.55. The van der Waals surface area contributed by atoms with Crippen molar-refractivity contribution in [1.82, 2.24) is 5.32 Å². The van der Waals surface area contributed by atoms with Gasteiger partial charge in [0.15, 0.2) is 0 Å². The first-order valence-electron chi connectivity index (χ1n) is 4.63. The van der Waals surface area contributed by atoms with E-state index in [1.54, 1.807) is 6.92 Å². The largest absolute Gasteiger partial charge is 0.480 e. The molecule has 0 radical (unpaired) electrons. The SMILES string of the molecule is CC[C@H](NC(=O)OCC(C)C)C(=O)O. The summed E-state index contributed by atoms with van der Waals surface area (Å²) in [6, 6.07) is -0.866. The lowest BCUT2D eigenvalue weighted by Gasteiger charge is -2.13. The van der Waals surface area contributed by atoms with E-state index in [-0.39, 0.29) is 5.92 Å². The normalized spacial score (nSPS) is 12.3. The molecule has 5 nitrogen and oxygen atoms in total. The molecule has 0 aliphatic heterocycles. The van der Waals surface area contributed by atoms with E-state index in [0.717, 1.165) is 0 Å². The Morgan fingerprint density at radius 3 is 2.36 bits per heavy atom. The Balaban J connectivity index is 3.85. The first-order valence-corrected chi connectivity index (χ1v) is 4.63. The molecular weight excluding hydrogens is 186 g/mol. The van der Waals surface area contributed by atoms with Crippen LogP contribution < -0.4 is 5.32 Å². The van der Waals surface area contributed by atoms with Gasteiger partial charge in [0.05, 0.1) is 6.61 Å². The second-order valence-electron chi connectivity index (χ2n) is 3.44. The average molecular weight is 203 g/mol. The van der Waals surface area contributed by atoms with E-state index in [1.165, 1.54) is 0 Å². The maximum Gasteiger partial charge on any atom is 0.407 e. The molecule has 0 bridgehead atoms. The van der Waals surface area contributed by atoms with Gasteiger partial charge in [-0.15, -0.1) is 0 Å². The van der Waals surface area contributed by atoms with Gasteiger partial charge in [0.2, 0.25) is 0 Å². The number of nitrogens with one attached hydrogen (secondary N) is 1. The summed E-state index contributed by atoms with van der Waals surface area (Å²) in [6.45, 7) is 5.78. The second kappa shape index (κ2) is 6.23. The number of amides is 1. The van der Waals surface area contributed by atoms with Gasteiger partial charge in [-0.3, -0.25) is 0 Å². The molecule has 0 saturated heterocycles. The molecule has 0 spiro atoms. The van der Waals surface area contributed by atoms with Crippen LogP contribution in [0.5, 0.6) is 0 Å². The molecule has 0 saturated carbocycles. The van der Waals surface area contributed by atoms with Crippen molar-refractivity contribution in [3.63, 3.8) is 0 Å². The molecule has 0 aromatic heterocycles. The molecule has 0 aromatic rings. The van der Waals surface area contributed by atoms with E-state index in [9.17, 15) is 9.59 Å². The van der Waals surface area contributed by atoms with E-state index in [4.69, 9.17) is 9.84 Å². The van der Waals surface area contributed by atoms with Crippen LogP contribution >= 0.6 is 0 Å². The molecule has 0 aromatic carbocycles. The van der Waals surface area contributed by atoms with Crippen LogP contribution in [0.1, 0.15) is 27.2 Å². The number of carboxylic acids is 1. The fraction of sp³-hybridized carbons (Fsp3) is 0.778. The van der Waals surface area contributed by atoms with Gasteiger partial charge in [0.25, 0.3) is 0 Å². The van der Waals surface area contributed by atoms with Crippen molar-refractivity contribution in [2.75, 3.05) is 6.61 Å². The van der Waals surface area contributed by atoms with Crippen LogP contribution in [0.4, 0.5) is 4.79 Å². The summed E-state index contributed by atoms with van der Waals surface area (Å²) in [4.78, 5) is 21.6. The van der Waals surface area contributed by atoms with E-state index >= 15 is 0 Å². The number of carbonyl (C=O) groups is 2. The number of rotatable bonds is 5. The molecule has 0 fully saturated rings. The van der Waals surface area contributed by atoms with Crippen molar-refractivity contribution >= 4 is 12.1 Å². The van der Waals surface area contributed by atoms with E-state index in [2.05, 4.69) is 5.32 Å². The number of hydrogen-bond acceptors (Lipinski definition) is 3. The van der Waals surface area contributed by atoms with E-state index in [1.807, 2.05) is 13.8 Å². The van der Waals surface area contributed by atoms with Crippen molar-refractivity contribution in [3.8, 4) is 0 Å². The summed E-state index contributed by atoms with van der Waals surface area (Å²) in [7, 11) is 0. The van der Waals surface area contributed by atoms with Gasteiger partial charge in [0, 0.05) is 0 Å². The Morgan fingerprint density at radius 2 is 2.00 bits per heavy atom. The lowest BCUT2D eigenvalue weighted by atomic mass is 10.2. The van der Waals surface area contributed by atoms with Crippen molar-refractivity contribution in [3.05, 3.63) is 0 Å².